The maximum Gasteiger partial charge on any atom is 0.0966 e. The molecule has 1 aliphatic carbocycles. The highest BCUT2D eigenvalue weighted by Crippen LogP contribution is 2.19. The van der Waals surface area contributed by atoms with Crippen LogP contribution in [0.15, 0.2) is 36.1 Å². The number of aliphatic hydroxyl groups excluding tert-OH is 1. The van der Waals surface area contributed by atoms with Gasteiger partial charge >= 0.3 is 0 Å². The quantitative estimate of drug-likeness (QED) is 0.615. The van der Waals surface area contributed by atoms with E-state index in [-0.39, 0.29) is 0 Å². The van der Waals surface area contributed by atoms with Crippen LogP contribution >= 0.6 is 0 Å². The molecule has 1 aromatic carbocycles. The van der Waals surface area contributed by atoms with E-state index in [0.29, 0.717) is 12.2 Å². The van der Waals surface area contributed by atoms with Crippen LogP contribution in [-0.4, -0.2) is 5.11 Å². The molecule has 0 aliphatic heterocycles. The zero-order valence-corrected chi connectivity index (χ0v) is 6.70. The van der Waals surface area contributed by atoms with Gasteiger partial charge in [0.15, 0.2) is 0 Å². The summed E-state index contributed by atoms with van der Waals surface area (Å²) in [7, 11) is 0. The van der Waals surface area contributed by atoms with Gasteiger partial charge in [0, 0.05) is 6.42 Å². The highest BCUT2D eigenvalue weighted by atomic mass is 16.3. The molecule has 1 heteroatoms. The second kappa shape index (κ2) is 2.86. The van der Waals surface area contributed by atoms with Crippen molar-refractivity contribution >= 4 is 12.2 Å². The van der Waals surface area contributed by atoms with Crippen LogP contribution in [0.25, 0.3) is 12.2 Å². The third kappa shape index (κ3) is 1.26. The molecule has 0 spiro atoms. The third-order valence-corrected chi connectivity index (χ3v) is 1.94. The Morgan fingerprint density at radius 3 is 2.67 bits per heavy atom. The van der Waals surface area contributed by atoms with E-state index < -0.39 is 0 Å². The first kappa shape index (κ1) is 7.17. The first-order valence-electron chi connectivity index (χ1n) is 4.01. The smallest absolute Gasteiger partial charge is 0.0966 e. The molecule has 0 saturated heterocycles. The van der Waals surface area contributed by atoms with Crippen LogP contribution in [0.3, 0.4) is 0 Å². The summed E-state index contributed by atoms with van der Waals surface area (Å²) in [4.78, 5) is 0. The molecule has 1 N–H and O–H groups in total. The van der Waals surface area contributed by atoms with Gasteiger partial charge in [0.1, 0.15) is 0 Å². The Morgan fingerprint density at radius 1 is 1.08 bits per heavy atom. The zero-order valence-electron chi connectivity index (χ0n) is 6.70. The van der Waals surface area contributed by atoms with Crippen molar-refractivity contribution in [2.45, 2.75) is 6.42 Å². The highest BCUT2D eigenvalue weighted by molar-refractivity contribution is 5.68. The Balaban J connectivity index is 2.58. The van der Waals surface area contributed by atoms with Crippen molar-refractivity contribution in [3.63, 3.8) is 0 Å². The van der Waals surface area contributed by atoms with Gasteiger partial charge in [-0.1, -0.05) is 36.4 Å². The van der Waals surface area contributed by atoms with Crippen LogP contribution in [0.5, 0.6) is 0 Å². The van der Waals surface area contributed by atoms with Crippen LogP contribution in [0, 0.1) is 0 Å². The van der Waals surface area contributed by atoms with Crippen LogP contribution in [0.1, 0.15) is 17.5 Å². The standard InChI is InChI=1S/C11H10O/c12-11-7-3-6-9-4-1-2-5-10(9)8-11/h1-6,8,12H,7H2. The van der Waals surface area contributed by atoms with Gasteiger partial charge in [0.05, 0.1) is 5.76 Å². The summed E-state index contributed by atoms with van der Waals surface area (Å²) in [5.41, 5.74) is 2.25. The lowest BCUT2D eigenvalue weighted by molar-refractivity contribution is 0.407. The minimum absolute atomic E-state index is 0.427. The van der Waals surface area contributed by atoms with E-state index >= 15 is 0 Å². The molecule has 0 unspecified atom stereocenters. The molecule has 1 aliphatic rings. The fraction of sp³-hybridized carbons (Fsp3) is 0.0909. The van der Waals surface area contributed by atoms with E-state index in [4.69, 9.17) is 0 Å². The average molecular weight is 158 g/mol. The van der Waals surface area contributed by atoms with Gasteiger partial charge < -0.3 is 5.11 Å². The lowest BCUT2D eigenvalue weighted by atomic mass is 10.1. The number of aliphatic hydroxyl groups is 1. The summed E-state index contributed by atoms with van der Waals surface area (Å²) in [6, 6.07) is 8.02. The fourth-order valence-corrected chi connectivity index (χ4v) is 1.34. The number of allylic oxidation sites excluding steroid dienone is 1. The third-order valence-electron chi connectivity index (χ3n) is 1.94. The second-order valence-corrected chi connectivity index (χ2v) is 2.87. The second-order valence-electron chi connectivity index (χ2n) is 2.87. The largest absolute Gasteiger partial charge is 0.512 e. The van der Waals surface area contributed by atoms with Crippen LogP contribution in [-0.2, 0) is 0 Å². The maximum atomic E-state index is 9.35. The van der Waals surface area contributed by atoms with Crippen LogP contribution < -0.4 is 0 Å². The minimum atomic E-state index is 0.427. The molecular weight excluding hydrogens is 148 g/mol. The highest BCUT2D eigenvalue weighted by Gasteiger charge is 2.00. The molecular formula is C11H10O. The van der Waals surface area contributed by atoms with Crippen molar-refractivity contribution < 1.29 is 5.11 Å². The summed E-state index contributed by atoms with van der Waals surface area (Å²) in [6.07, 6.45) is 6.46. The molecule has 0 aromatic heterocycles. The van der Waals surface area contributed by atoms with Gasteiger partial charge in [-0.25, -0.2) is 0 Å². The number of hydrogen-bond acceptors (Lipinski definition) is 1. The molecule has 0 saturated carbocycles. The van der Waals surface area contributed by atoms with Crippen molar-refractivity contribution in [2.24, 2.45) is 0 Å². The summed E-state index contributed by atoms with van der Waals surface area (Å²) < 4.78 is 0. The Morgan fingerprint density at radius 2 is 1.83 bits per heavy atom. The molecule has 12 heavy (non-hydrogen) atoms. The number of fused-ring (bicyclic) bond motifs is 1. The fourth-order valence-electron chi connectivity index (χ4n) is 1.34. The van der Waals surface area contributed by atoms with E-state index in [1.54, 1.807) is 0 Å². The van der Waals surface area contributed by atoms with Crippen molar-refractivity contribution in [1.29, 1.82) is 0 Å². The van der Waals surface area contributed by atoms with E-state index in [1.807, 2.05) is 42.5 Å². The van der Waals surface area contributed by atoms with E-state index in [2.05, 4.69) is 0 Å². The molecule has 0 radical (unpaired) electrons. The lowest BCUT2D eigenvalue weighted by Crippen LogP contribution is -1.79. The molecule has 0 fully saturated rings. The Bertz CT molecular complexity index is 348. The molecule has 0 heterocycles. The molecule has 0 bridgehead atoms. The summed E-state index contributed by atoms with van der Waals surface area (Å²) >= 11 is 0. The summed E-state index contributed by atoms with van der Waals surface area (Å²) in [5.74, 6) is 0.427. The van der Waals surface area contributed by atoms with Crippen molar-refractivity contribution in [3.05, 3.63) is 47.2 Å². The molecule has 0 atom stereocenters. The summed E-state index contributed by atoms with van der Waals surface area (Å²) in [6.45, 7) is 0. The SMILES string of the molecule is OC1=Cc2ccccc2C=CC1. The maximum absolute atomic E-state index is 9.35. The van der Waals surface area contributed by atoms with Crippen molar-refractivity contribution in [3.8, 4) is 0 Å². The first-order valence-corrected chi connectivity index (χ1v) is 4.01. The minimum Gasteiger partial charge on any atom is -0.512 e. The zero-order chi connectivity index (χ0) is 8.39. The monoisotopic (exact) mass is 158 g/mol. The van der Waals surface area contributed by atoms with Gasteiger partial charge in [-0.05, 0) is 17.2 Å². The van der Waals surface area contributed by atoms with Crippen molar-refractivity contribution in [2.75, 3.05) is 0 Å². The van der Waals surface area contributed by atoms with E-state index in [0.717, 1.165) is 5.56 Å². The Kier molecular flexibility index (Phi) is 1.71. The molecule has 1 nitrogen and oxygen atoms in total. The molecule has 60 valence electrons. The van der Waals surface area contributed by atoms with Gasteiger partial charge in [-0.2, -0.15) is 0 Å². The van der Waals surface area contributed by atoms with Crippen LogP contribution in [0.4, 0.5) is 0 Å². The Labute approximate surface area is 71.7 Å². The molecule has 1 aromatic rings. The van der Waals surface area contributed by atoms with Gasteiger partial charge in [-0.15, -0.1) is 0 Å². The van der Waals surface area contributed by atoms with Gasteiger partial charge in [-0.3, -0.25) is 0 Å². The predicted molar refractivity (Wildman–Crippen MR) is 50.7 cm³/mol. The van der Waals surface area contributed by atoms with Gasteiger partial charge in [0.2, 0.25) is 0 Å². The molecule has 0 amide bonds. The predicted octanol–water partition coefficient (Wildman–Crippen LogP) is 3.00. The van der Waals surface area contributed by atoms with Crippen LogP contribution in [0.2, 0.25) is 0 Å². The normalized spacial score (nSPS) is 14.8. The Hall–Kier alpha value is -1.50. The van der Waals surface area contributed by atoms with E-state index in [9.17, 15) is 5.11 Å². The molecule has 2 rings (SSSR count). The average Bonchev–Trinajstić information content (AvgIpc) is 2.25. The number of hydrogen-bond donors (Lipinski definition) is 1. The summed E-state index contributed by atoms with van der Waals surface area (Å²) in [5, 5.41) is 9.35. The lowest BCUT2D eigenvalue weighted by Gasteiger charge is -1.97. The first-order chi connectivity index (χ1) is 5.86. The number of benzene rings is 1. The number of rotatable bonds is 0. The van der Waals surface area contributed by atoms with Crippen molar-refractivity contribution in [1.82, 2.24) is 0 Å². The van der Waals surface area contributed by atoms with Gasteiger partial charge in [0.25, 0.3) is 0 Å². The topological polar surface area (TPSA) is 20.2 Å². The van der Waals surface area contributed by atoms with E-state index in [1.165, 1.54) is 5.56 Å².